The maximum absolute atomic E-state index is 12.7. The first kappa shape index (κ1) is 17.5. The number of nitrogens with zero attached hydrogens (tertiary/aromatic N) is 2. The van der Waals surface area contributed by atoms with Crippen LogP contribution < -0.4 is 5.32 Å². The molecule has 0 bridgehead atoms. The van der Waals surface area contributed by atoms with Crippen LogP contribution in [0.15, 0.2) is 0 Å². The van der Waals surface area contributed by atoms with Gasteiger partial charge >= 0.3 is 0 Å². The number of carbonyl (C=O) groups is 1. The number of amides is 1. The quantitative estimate of drug-likeness (QED) is 0.906. The number of aromatic nitrogens is 2. The van der Waals surface area contributed by atoms with Crippen molar-refractivity contribution in [1.29, 1.82) is 0 Å². The average Bonchev–Trinajstić information content (AvgIpc) is 2.90. The second-order valence-electron chi connectivity index (χ2n) is 7.51. The van der Waals surface area contributed by atoms with Gasteiger partial charge in [-0.1, -0.05) is 26.2 Å². The van der Waals surface area contributed by atoms with Crippen LogP contribution in [0.4, 0.5) is 5.69 Å². The van der Waals surface area contributed by atoms with Gasteiger partial charge in [0.05, 0.1) is 23.1 Å². The number of hydrogen-bond acceptors (Lipinski definition) is 3. The van der Waals surface area contributed by atoms with Gasteiger partial charge < -0.3 is 10.1 Å². The molecular formula is C19H31N3O2. The van der Waals surface area contributed by atoms with Crippen molar-refractivity contribution in [3.05, 3.63) is 11.4 Å². The van der Waals surface area contributed by atoms with Crippen LogP contribution in [0.2, 0.25) is 0 Å². The standard InChI is InChI=1S/C19H31N3O2/c1-13(16-9-11-24-12-10-16)19(23)20-18-14(2)21-22(15(18)3)17-7-5-4-6-8-17/h13,16-17H,4-12H2,1-3H3,(H,20,23). The Hall–Kier alpha value is -1.36. The predicted octanol–water partition coefficient (Wildman–Crippen LogP) is 4.01. The summed E-state index contributed by atoms with van der Waals surface area (Å²) in [5, 5.41) is 7.91. The summed E-state index contributed by atoms with van der Waals surface area (Å²) in [4.78, 5) is 12.7. The number of carbonyl (C=O) groups excluding carboxylic acids is 1. The minimum atomic E-state index is 0.0192. The van der Waals surface area contributed by atoms with Crippen molar-refractivity contribution in [2.45, 2.75) is 71.8 Å². The normalized spacial score (nSPS) is 21.6. The van der Waals surface area contributed by atoms with Crippen molar-refractivity contribution in [3.8, 4) is 0 Å². The highest BCUT2D eigenvalue weighted by atomic mass is 16.5. The lowest BCUT2D eigenvalue weighted by Gasteiger charge is -2.27. The Labute approximate surface area is 145 Å². The van der Waals surface area contributed by atoms with E-state index in [9.17, 15) is 4.79 Å². The molecule has 1 unspecified atom stereocenters. The van der Waals surface area contributed by atoms with Gasteiger partial charge in [0, 0.05) is 19.1 Å². The van der Waals surface area contributed by atoms with Gasteiger partial charge in [-0.25, -0.2) is 0 Å². The molecule has 2 heterocycles. The molecule has 24 heavy (non-hydrogen) atoms. The van der Waals surface area contributed by atoms with E-state index < -0.39 is 0 Å². The highest BCUT2D eigenvalue weighted by molar-refractivity contribution is 5.93. The molecule has 134 valence electrons. The third-order valence-electron chi connectivity index (χ3n) is 5.88. The smallest absolute Gasteiger partial charge is 0.227 e. The van der Waals surface area contributed by atoms with E-state index in [2.05, 4.69) is 16.9 Å². The van der Waals surface area contributed by atoms with Gasteiger partial charge in [-0.3, -0.25) is 9.48 Å². The minimum Gasteiger partial charge on any atom is -0.381 e. The Kier molecular flexibility index (Phi) is 5.59. The Balaban J connectivity index is 1.70. The Morgan fingerprint density at radius 1 is 1.17 bits per heavy atom. The second-order valence-corrected chi connectivity index (χ2v) is 7.51. The summed E-state index contributed by atoms with van der Waals surface area (Å²) < 4.78 is 7.57. The third-order valence-corrected chi connectivity index (χ3v) is 5.88. The molecule has 5 nitrogen and oxygen atoms in total. The van der Waals surface area contributed by atoms with E-state index in [1.807, 2.05) is 13.8 Å². The Morgan fingerprint density at radius 3 is 2.50 bits per heavy atom. The van der Waals surface area contributed by atoms with E-state index in [1.54, 1.807) is 0 Å². The van der Waals surface area contributed by atoms with Crippen molar-refractivity contribution in [2.24, 2.45) is 11.8 Å². The first-order valence-corrected chi connectivity index (χ1v) is 9.52. The molecule has 1 amide bonds. The zero-order valence-electron chi connectivity index (χ0n) is 15.3. The molecule has 1 atom stereocenters. The van der Waals surface area contributed by atoms with Crippen LogP contribution in [0.5, 0.6) is 0 Å². The molecule has 0 radical (unpaired) electrons. The SMILES string of the molecule is Cc1nn(C2CCCCC2)c(C)c1NC(=O)C(C)C1CCOCC1. The minimum absolute atomic E-state index is 0.0192. The van der Waals surface area contributed by atoms with E-state index in [0.717, 1.165) is 43.1 Å². The zero-order chi connectivity index (χ0) is 17.1. The number of hydrogen-bond donors (Lipinski definition) is 1. The van der Waals surface area contributed by atoms with E-state index in [1.165, 1.54) is 32.1 Å². The molecule has 1 aliphatic heterocycles. The number of rotatable bonds is 4. The molecule has 1 aromatic heterocycles. The van der Waals surface area contributed by atoms with Crippen molar-refractivity contribution in [1.82, 2.24) is 9.78 Å². The van der Waals surface area contributed by atoms with Crippen molar-refractivity contribution >= 4 is 11.6 Å². The van der Waals surface area contributed by atoms with E-state index >= 15 is 0 Å². The van der Waals surface area contributed by atoms with Crippen LogP contribution in [0.25, 0.3) is 0 Å². The van der Waals surface area contributed by atoms with Crippen LogP contribution in [0.3, 0.4) is 0 Å². The molecule has 2 fully saturated rings. The first-order valence-electron chi connectivity index (χ1n) is 9.52. The summed E-state index contributed by atoms with van der Waals surface area (Å²) >= 11 is 0. The molecule has 2 aliphatic rings. The van der Waals surface area contributed by atoms with Crippen molar-refractivity contribution in [2.75, 3.05) is 18.5 Å². The number of ether oxygens (including phenoxy) is 1. The molecule has 1 N–H and O–H groups in total. The lowest BCUT2D eigenvalue weighted by Crippen LogP contribution is -2.31. The van der Waals surface area contributed by atoms with Gasteiger partial charge in [-0.05, 0) is 45.4 Å². The molecule has 0 aromatic carbocycles. The zero-order valence-corrected chi connectivity index (χ0v) is 15.3. The lowest BCUT2D eigenvalue weighted by atomic mass is 9.86. The molecule has 5 heteroatoms. The first-order chi connectivity index (χ1) is 11.6. The fourth-order valence-electron chi connectivity index (χ4n) is 4.19. The van der Waals surface area contributed by atoms with Crippen LogP contribution in [0.1, 0.15) is 69.3 Å². The highest BCUT2D eigenvalue weighted by Gasteiger charge is 2.28. The van der Waals surface area contributed by atoms with E-state index in [4.69, 9.17) is 9.84 Å². The fraction of sp³-hybridized carbons (Fsp3) is 0.789. The maximum Gasteiger partial charge on any atom is 0.227 e. The largest absolute Gasteiger partial charge is 0.381 e. The fourth-order valence-corrected chi connectivity index (χ4v) is 4.19. The molecule has 0 spiro atoms. The molecule has 1 aromatic rings. The monoisotopic (exact) mass is 333 g/mol. The van der Waals surface area contributed by atoms with Crippen molar-refractivity contribution in [3.63, 3.8) is 0 Å². The average molecular weight is 333 g/mol. The molecule has 1 saturated heterocycles. The topological polar surface area (TPSA) is 56.2 Å². The number of nitrogens with one attached hydrogen (secondary N) is 1. The Morgan fingerprint density at radius 2 is 1.83 bits per heavy atom. The predicted molar refractivity (Wildman–Crippen MR) is 95.2 cm³/mol. The van der Waals surface area contributed by atoms with Gasteiger partial charge in [0.25, 0.3) is 0 Å². The van der Waals surface area contributed by atoms with Crippen LogP contribution in [-0.2, 0) is 9.53 Å². The van der Waals surface area contributed by atoms with Crippen molar-refractivity contribution < 1.29 is 9.53 Å². The molecule has 1 aliphatic carbocycles. The number of aryl methyl sites for hydroxylation is 1. The molecular weight excluding hydrogens is 302 g/mol. The summed E-state index contributed by atoms with van der Waals surface area (Å²) in [5.41, 5.74) is 2.96. The van der Waals surface area contributed by atoms with E-state index in [-0.39, 0.29) is 11.8 Å². The van der Waals surface area contributed by atoms with Crippen LogP contribution in [-0.4, -0.2) is 28.9 Å². The summed E-state index contributed by atoms with van der Waals surface area (Å²) in [7, 11) is 0. The second kappa shape index (κ2) is 7.68. The van der Waals surface area contributed by atoms with Gasteiger partial charge in [0.15, 0.2) is 0 Å². The Bertz CT molecular complexity index is 569. The summed E-state index contributed by atoms with van der Waals surface area (Å²) in [5.74, 6) is 0.565. The lowest BCUT2D eigenvalue weighted by molar-refractivity contribution is -0.122. The van der Waals surface area contributed by atoms with E-state index in [0.29, 0.717) is 12.0 Å². The van der Waals surface area contributed by atoms with Crippen LogP contribution >= 0.6 is 0 Å². The summed E-state index contributed by atoms with van der Waals surface area (Å²) in [6, 6.07) is 0.496. The van der Waals surface area contributed by atoms with Crippen LogP contribution in [0, 0.1) is 25.7 Å². The molecule has 3 rings (SSSR count). The summed E-state index contributed by atoms with van der Waals surface area (Å²) in [6.07, 6.45) is 8.27. The number of anilines is 1. The van der Waals surface area contributed by atoms with Gasteiger partial charge in [0.2, 0.25) is 5.91 Å². The van der Waals surface area contributed by atoms with Gasteiger partial charge in [-0.15, -0.1) is 0 Å². The molecule has 1 saturated carbocycles. The highest BCUT2D eigenvalue weighted by Crippen LogP contribution is 2.32. The summed E-state index contributed by atoms with van der Waals surface area (Å²) in [6.45, 7) is 7.69. The van der Waals surface area contributed by atoms with Gasteiger partial charge in [-0.2, -0.15) is 5.10 Å². The maximum atomic E-state index is 12.7. The third kappa shape index (κ3) is 3.66. The van der Waals surface area contributed by atoms with Gasteiger partial charge in [0.1, 0.15) is 0 Å².